The molecule has 2 aromatic heterocycles. The minimum atomic E-state index is -3.72. The minimum Gasteiger partial charge on any atom is -0.477 e. The van der Waals surface area contributed by atoms with Crippen molar-refractivity contribution in [1.29, 1.82) is 0 Å². The van der Waals surface area contributed by atoms with Crippen molar-refractivity contribution in [1.82, 2.24) is 4.31 Å². The zero-order chi connectivity index (χ0) is 16.5. The highest BCUT2D eigenvalue weighted by Gasteiger charge is 2.27. The second-order valence-electron chi connectivity index (χ2n) is 4.52. The van der Waals surface area contributed by atoms with Crippen LogP contribution < -0.4 is 0 Å². The molecule has 2 rings (SSSR count). The second kappa shape index (κ2) is 6.67. The zero-order valence-corrected chi connectivity index (χ0v) is 15.1. The van der Waals surface area contributed by atoms with Crippen LogP contribution in [0.3, 0.4) is 0 Å². The van der Waals surface area contributed by atoms with Crippen LogP contribution in [0.25, 0.3) is 0 Å². The summed E-state index contributed by atoms with van der Waals surface area (Å²) in [5.41, 5.74) is 0.450. The van der Waals surface area contributed by atoms with Crippen molar-refractivity contribution in [2.24, 2.45) is 0 Å². The molecular weight excluding hydrogens is 366 g/mol. The number of hydrogen-bond acceptors (Lipinski definition) is 5. The Morgan fingerprint density at radius 2 is 2.05 bits per heavy atom. The molecule has 0 bridgehead atoms. The van der Waals surface area contributed by atoms with E-state index >= 15 is 0 Å². The average Bonchev–Trinajstić information content (AvgIpc) is 3.02. The van der Waals surface area contributed by atoms with Crippen LogP contribution in [0.2, 0.25) is 4.34 Å². The standard InChI is InChI=1S/C13H14ClNO4S3/c1-3-15(7-9-4-5-10(14)20-9)22(18,19)11-6-8(2)12(21-11)13(16)17/h4-6H,3,7H2,1-2H3,(H,16,17). The van der Waals surface area contributed by atoms with Gasteiger partial charge in [-0.3, -0.25) is 0 Å². The molecule has 120 valence electrons. The van der Waals surface area contributed by atoms with Crippen LogP contribution >= 0.6 is 34.3 Å². The van der Waals surface area contributed by atoms with Gasteiger partial charge in [0.05, 0.1) is 4.34 Å². The minimum absolute atomic E-state index is 0.0481. The predicted octanol–water partition coefficient (Wildman–Crippen LogP) is 3.68. The van der Waals surface area contributed by atoms with E-state index in [0.29, 0.717) is 9.90 Å². The largest absolute Gasteiger partial charge is 0.477 e. The highest BCUT2D eigenvalue weighted by Crippen LogP contribution is 2.30. The van der Waals surface area contributed by atoms with Crippen molar-refractivity contribution in [2.45, 2.75) is 24.6 Å². The fourth-order valence-corrected chi connectivity index (χ4v) is 6.04. The predicted molar refractivity (Wildman–Crippen MR) is 88.6 cm³/mol. The first-order chi connectivity index (χ1) is 10.3. The molecule has 0 saturated heterocycles. The average molecular weight is 380 g/mol. The molecule has 0 atom stereocenters. The van der Waals surface area contributed by atoms with E-state index in [9.17, 15) is 13.2 Å². The highest BCUT2D eigenvalue weighted by atomic mass is 35.5. The lowest BCUT2D eigenvalue weighted by Gasteiger charge is -2.18. The molecule has 0 saturated carbocycles. The van der Waals surface area contributed by atoms with Crippen LogP contribution in [0.4, 0.5) is 0 Å². The molecule has 0 fully saturated rings. The molecule has 0 spiro atoms. The maximum atomic E-state index is 12.7. The molecule has 0 aliphatic rings. The molecule has 2 heterocycles. The van der Waals surface area contributed by atoms with Gasteiger partial charge in [-0.25, -0.2) is 13.2 Å². The molecule has 2 aromatic rings. The Labute approximate surface area is 141 Å². The number of aromatic carboxylic acids is 1. The molecule has 0 aromatic carbocycles. The molecule has 22 heavy (non-hydrogen) atoms. The van der Waals surface area contributed by atoms with Gasteiger partial charge in [0.1, 0.15) is 9.09 Å². The number of hydrogen-bond donors (Lipinski definition) is 1. The van der Waals surface area contributed by atoms with E-state index in [0.717, 1.165) is 16.2 Å². The van der Waals surface area contributed by atoms with Crippen LogP contribution in [0.5, 0.6) is 0 Å². The SMILES string of the molecule is CCN(Cc1ccc(Cl)s1)S(=O)(=O)c1cc(C)c(C(=O)O)s1. The number of nitrogens with zero attached hydrogens (tertiary/aromatic N) is 1. The fourth-order valence-electron chi connectivity index (χ4n) is 1.90. The topological polar surface area (TPSA) is 74.7 Å². The van der Waals surface area contributed by atoms with Gasteiger partial charge in [0.15, 0.2) is 0 Å². The maximum Gasteiger partial charge on any atom is 0.346 e. The van der Waals surface area contributed by atoms with Crippen molar-refractivity contribution in [3.8, 4) is 0 Å². The highest BCUT2D eigenvalue weighted by molar-refractivity contribution is 7.91. The lowest BCUT2D eigenvalue weighted by Crippen LogP contribution is -2.29. The lowest BCUT2D eigenvalue weighted by atomic mass is 10.3. The Morgan fingerprint density at radius 1 is 1.36 bits per heavy atom. The molecule has 5 nitrogen and oxygen atoms in total. The van der Waals surface area contributed by atoms with E-state index in [1.807, 2.05) is 0 Å². The first kappa shape index (κ1) is 17.4. The van der Waals surface area contributed by atoms with E-state index in [4.69, 9.17) is 16.7 Å². The summed E-state index contributed by atoms with van der Waals surface area (Å²) in [5, 5.41) is 9.07. The third-order valence-electron chi connectivity index (χ3n) is 3.00. The first-order valence-electron chi connectivity index (χ1n) is 6.33. The molecule has 0 amide bonds. The number of sulfonamides is 1. The van der Waals surface area contributed by atoms with Crippen molar-refractivity contribution >= 4 is 50.3 Å². The second-order valence-corrected chi connectivity index (χ2v) is 9.54. The first-order valence-corrected chi connectivity index (χ1v) is 9.79. The summed E-state index contributed by atoms with van der Waals surface area (Å²) < 4.78 is 27.3. The molecule has 0 aliphatic carbocycles. The number of thiophene rings is 2. The molecule has 0 unspecified atom stereocenters. The number of carboxylic acid groups (broad SMARTS) is 1. The van der Waals surface area contributed by atoms with Crippen molar-refractivity contribution in [3.63, 3.8) is 0 Å². The fraction of sp³-hybridized carbons (Fsp3) is 0.308. The molecule has 1 N–H and O–H groups in total. The van der Waals surface area contributed by atoms with Gasteiger partial charge in [-0.2, -0.15) is 4.31 Å². The van der Waals surface area contributed by atoms with E-state index in [2.05, 4.69) is 0 Å². The number of carboxylic acids is 1. The van der Waals surface area contributed by atoms with Gasteiger partial charge in [-0.15, -0.1) is 22.7 Å². The number of aryl methyl sites for hydroxylation is 1. The summed E-state index contributed by atoms with van der Waals surface area (Å²) >= 11 is 7.97. The molecule has 0 radical (unpaired) electrons. The third-order valence-corrected chi connectivity index (χ3v) is 7.81. The monoisotopic (exact) mass is 379 g/mol. The van der Waals surface area contributed by atoms with Gasteiger partial charge in [-0.05, 0) is 30.7 Å². The normalized spacial score (nSPS) is 12.0. The van der Waals surface area contributed by atoms with Gasteiger partial charge in [0.2, 0.25) is 0 Å². The van der Waals surface area contributed by atoms with Gasteiger partial charge in [0, 0.05) is 18.0 Å². The Kier molecular flexibility index (Phi) is 5.29. The van der Waals surface area contributed by atoms with Crippen LogP contribution in [0.15, 0.2) is 22.4 Å². The van der Waals surface area contributed by atoms with Gasteiger partial charge in [-0.1, -0.05) is 18.5 Å². The van der Waals surface area contributed by atoms with Crippen molar-refractivity contribution < 1.29 is 18.3 Å². The van der Waals surface area contributed by atoms with Gasteiger partial charge < -0.3 is 5.11 Å². The lowest BCUT2D eigenvalue weighted by molar-refractivity contribution is 0.0701. The van der Waals surface area contributed by atoms with Crippen molar-refractivity contribution in [2.75, 3.05) is 6.54 Å². The van der Waals surface area contributed by atoms with Gasteiger partial charge >= 0.3 is 5.97 Å². The molecule has 0 aliphatic heterocycles. The van der Waals surface area contributed by atoms with E-state index in [1.54, 1.807) is 26.0 Å². The van der Waals surface area contributed by atoms with Crippen LogP contribution in [-0.2, 0) is 16.6 Å². The Bertz CT molecular complexity index is 794. The maximum absolute atomic E-state index is 12.7. The van der Waals surface area contributed by atoms with Gasteiger partial charge in [0.25, 0.3) is 10.0 Å². The van der Waals surface area contributed by atoms with E-state index in [1.165, 1.54) is 21.7 Å². The van der Waals surface area contributed by atoms with Crippen LogP contribution in [-0.4, -0.2) is 30.3 Å². The number of rotatable bonds is 6. The summed E-state index contributed by atoms with van der Waals surface area (Å²) in [5.74, 6) is -1.11. The summed E-state index contributed by atoms with van der Waals surface area (Å²) in [4.78, 5) is 12.0. The quantitative estimate of drug-likeness (QED) is 0.830. The Balaban J connectivity index is 2.34. The summed E-state index contributed by atoms with van der Waals surface area (Å²) in [6.07, 6.45) is 0. The number of halogens is 1. The van der Waals surface area contributed by atoms with Crippen molar-refractivity contribution in [3.05, 3.63) is 37.9 Å². The zero-order valence-electron chi connectivity index (χ0n) is 11.9. The van der Waals surface area contributed by atoms with E-state index < -0.39 is 16.0 Å². The smallest absolute Gasteiger partial charge is 0.346 e. The molecular formula is C13H14ClNO4S3. The Hall–Kier alpha value is -0.930. The summed E-state index contributed by atoms with van der Waals surface area (Å²) in [7, 11) is -3.72. The Morgan fingerprint density at radius 3 is 2.50 bits per heavy atom. The van der Waals surface area contributed by atoms with Crippen LogP contribution in [0, 0.1) is 6.92 Å². The summed E-state index contributed by atoms with van der Waals surface area (Å²) in [6.45, 7) is 3.84. The summed E-state index contributed by atoms with van der Waals surface area (Å²) in [6, 6.07) is 4.92. The van der Waals surface area contributed by atoms with Crippen LogP contribution in [0.1, 0.15) is 27.0 Å². The number of carbonyl (C=O) groups is 1. The molecule has 9 heteroatoms. The third kappa shape index (κ3) is 3.52. The van der Waals surface area contributed by atoms with E-state index in [-0.39, 0.29) is 22.2 Å².